The standard InChI is InChI=1S/C16H21N5/c1-13-11-18-16(20-13)19-12-15-17-8-10-21(15)9-7-14-5-3-2-4-6-14/h2-6,8,10,13H,7,9,11-12H2,1H3,(H2,18,19,20). The van der Waals surface area contributed by atoms with Crippen molar-refractivity contribution >= 4 is 5.96 Å². The molecule has 0 bridgehead atoms. The molecule has 1 aliphatic rings. The van der Waals surface area contributed by atoms with E-state index in [4.69, 9.17) is 0 Å². The number of aliphatic imine (C=N–C) groups is 1. The smallest absolute Gasteiger partial charge is 0.191 e. The second-order valence-electron chi connectivity index (χ2n) is 5.36. The molecule has 0 saturated carbocycles. The lowest BCUT2D eigenvalue weighted by molar-refractivity contribution is 0.634. The van der Waals surface area contributed by atoms with E-state index in [0.29, 0.717) is 12.6 Å². The number of aryl methyl sites for hydroxylation is 2. The highest BCUT2D eigenvalue weighted by Crippen LogP contribution is 2.04. The summed E-state index contributed by atoms with van der Waals surface area (Å²) in [5, 5.41) is 6.60. The Labute approximate surface area is 125 Å². The van der Waals surface area contributed by atoms with E-state index in [1.165, 1.54) is 5.56 Å². The summed E-state index contributed by atoms with van der Waals surface area (Å²) in [6.07, 6.45) is 4.90. The van der Waals surface area contributed by atoms with Crippen molar-refractivity contribution in [3.63, 3.8) is 0 Å². The topological polar surface area (TPSA) is 54.2 Å². The summed E-state index contributed by atoms with van der Waals surface area (Å²) in [5.74, 6) is 1.91. The minimum absolute atomic E-state index is 0.422. The number of nitrogens with one attached hydrogen (secondary N) is 2. The van der Waals surface area contributed by atoms with Crippen LogP contribution in [0.1, 0.15) is 18.3 Å². The van der Waals surface area contributed by atoms with Gasteiger partial charge >= 0.3 is 0 Å². The van der Waals surface area contributed by atoms with Gasteiger partial charge in [0.05, 0.1) is 13.1 Å². The van der Waals surface area contributed by atoms with Crippen molar-refractivity contribution < 1.29 is 0 Å². The molecule has 5 heteroatoms. The van der Waals surface area contributed by atoms with E-state index < -0.39 is 0 Å². The molecule has 0 spiro atoms. The summed E-state index contributed by atoms with van der Waals surface area (Å²) in [5.41, 5.74) is 1.35. The molecule has 0 fully saturated rings. The quantitative estimate of drug-likeness (QED) is 0.875. The normalized spacial score (nSPS) is 17.4. The lowest BCUT2D eigenvalue weighted by Crippen LogP contribution is -2.37. The number of hydrogen-bond donors (Lipinski definition) is 2. The zero-order chi connectivity index (χ0) is 14.5. The number of benzene rings is 1. The third-order valence-corrected chi connectivity index (χ3v) is 3.61. The van der Waals surface area contributed by atoms with Crippen LogP contribution in [0.3, 0.4) is 0 Å². The van der Waals surface area contributed by atoms with Gasteiger partial charge in [0.15, 0.2) is 5.96 Å². The summed E-state index contributed by atoms with van der Waals surface area (Å²) < 4.78 is 2.19. The van der Waals surface area contributed by atoms with Crippen LogP contribution < -0.4 is 10.6 Å². The number of rotatable bonds is 5. The van der Waals surface area contributed by atoms with Crippen molar-refractivity contribution in [2.24, 2.45) is 4.99 Å². The van der Waals surface area contributed by atoms with Gasteiger partial charge in [-0.3, -0.25) is 4.99 Å². The van der Waals surface area contributed by atoms with Crippen molar-refractivity contribution in [2.75, 3.05) is 6.54 Å². The van der Waals surface area contributed by atoms with Gasteiger partial charge in [-0.05, 0) is 18.9 Å². The molecule has 2 heterocycles. The van der Waals surface area contributed by atoms with Crippen molar-refractivity contribution in [3.05, 3.63) is 54.1 Å². The predicted molar refractivity (Wildman–Crippen MR) is 84.1 cm³/mol. The molecule has 0 saturated heterocycles. The van der Waals surface area contributed by atoms with Crippen LogP contribution in [-0.2, 0) is 19.5 Å². The van der Waals surface area contributed by atoms with Crippen molar-refractivity contribution in [3.8, 4) is 0 Å². The monoisotopic (exact) mass is 283 g/mol. The van der Waals surface area contributed by atoms with Gasteiger partial charge in [0, 0.05) is 25.0 Å². The average Bonchev–Trinajstić information content (AvgIpc) is 3.12. The van der Waals surface area contributed by atoms with E-state index in [2.05, 4.69) is 56.4 Å². The molecule has 2 aromatic rings. The molecule has 1 aliphatic heterocycles. The molecule has 110 valence electrons. The Balaban J connectivity index is 1.54. The van der Waals surface area contributed by atoms with Crippen LogP contribution in [0, 0.1) is 0 Å². The molecular weight excluding hydrogens is 262 g/mol. The van der Waals surface area contributed by atoms with Gasteiger partial charge < -0.3 is 15.2 Å². The SMILES string of the molecule is CC1CN=C(NCc2nccn2CCc2ccccc2)N1. The van der Waals surface area contributed by atoms with Crippen LogP contribution in [0.2, 0.25) is 0 Å². The molecule has 3 rings (SSSR count). The number of hydrogen-bond acceptors (Lipinski definition) is 4. The summed E-state index contributed by atoms with van der Waals surface area (Å²) in [6.45, 7) is 4.60. The van der Waals surface area contributed by atoms with Crippen molar-refractivity contribution in [2.45, 2.75) is 32.5 Å². The lowest BCUT2D eigenvalue weighted by Gasteiger charge is -2.11. The Morgan fingerprint density at radius 1 is 1.33 bits per heavy atom. The third kappa shape index (κ3) is 3.62. The van der Waals surface area contributed by atoms with Gasteiger partial charge in [0.25, 0.3) is 0 Å². The van der Waals surface area contributed by atoms with Gasteiger partial charge in [0.1, 0.15) is 5.82 Å². The molecule has 1 unspecified atom stereocenters. The van der Waals surface area contributed by atoms with Crippen molar-refractivity contribution in [1.82, 2.24) is 20.2 Å². The van der Waals surface area contributed by atoms with Gasteiger partial charge in [-0.15, -0.1) is 0 Å². The molecule has 21 heavy (non-hydrogen) atoms. The molecule has 0 aliphatic carbocycles. The van der Waals surface area contributed by atoms with Gasteiger partial charge in [0.2, 0.25) is 0 Å². The van der Waals surface area contributed by atoms with Crippen LogP contribution in [-0.4, -0.2) is 28.1 Å². The predicted octanol–water partition coefficient (Wildman–Crippen LogP) is 1.56. The number of guanidine groups is 1. The number of aromatic nitrogens is 2. The van der Waals surface area contributed by atoms with E-state index in [0.717, 1.165) is 31.3 Å². The number of imidazole rings is 1. The van der Waals surface area contributed by atoms with Crippen LogP contribution >= 0.6 is 0 Å². The van der Waals surface area contributed by atoms with E-state index in [9.17, 15) is 0 Å². The molecular formula is C16H21N5. The molecule has 1 aromatic heterocycles. The van der Waals surface area contributed by atoms with Crippen LogP contribution in [0.25, 0.3) is 0 Å². The average molecular weight is 283 g/mol. The van der Waals surface area contributed by atoms with Crippen LogP contribution in [0.4, 0.5) is 0 Å². The van der Waals surface area contributed by atoms with Gasteiger partial charge in [-0.25, -0.2) is 4.98 Å². The summed E-state index contributed by atoms with van der Waals surface area (Å²) in [7, 11) is 0. The van der Waals surface area contributed by atoms with Gasteiger partial charge in [-0.1, -0.05) is 30.3 Å². The summed E-state index contributed by atoms with van der Waals surface area (Å²) in [4.78, 5) is 8.82. The first-order valence-electron chi connectivity index (χ1n) is 7.40. The maximum atomic E-state index is 4.43. The largest absolute Gasteiger partial charge is 0.352 e. The maximum Gasteiger partial charge on any atom is 0.191 e. The Hall–Kier alpha value is -2.30. The highest BCUT2D eigenvalue weighted by atomic mass is 15.2. The second-order valence-corrected chi connectivity index (χ2v) is 5.36. The first kappa shape index (κ1) is 13.7. The lowest BCUT2D eigenvalue weighted by atomic mass is 10.1. The molecule has 0 radical (unpaired) electrons. The minimum Gasteiger partial charge on any atom is -0.352 e. The highest BCUT2D eigenvalue weighted by Gasteiger charge is 2.12. The van der Waals surface area contributed by atoms with Crippen molar-refractivity contribution in [1.29, 1.82) is 0 Å². The molecule has 0 amide bonds. The molecule has 1 atom stereocenters. The Bertz CT molecular complexity index is 602. The van der Waals surface area contributed by atoms with E-state index in [1.54, 1.807) is 0 Å². The minimum atomic E-state index is 0.422. The Morgan fingerprint density at radius 2 is 2.19 bits per heavy atom. The Kier molecular flexibility index (Phi) is 4.19. The summed E-state index contributed by atoms with van der Waals surface area (Å²) in [6, 6.07) is 11.0. The summed E-state index contributed by atoms with van der Waals surface area (Å²) >= 11 is 0. The first-order valence-corrected chi connectivity index (χ1v) is 7.40. The maximum absolute atomic E-state index is 4.43. The molecule has 1 aromatic carbocycles. The van der Waals surface area contributed by atoms with E-state index in [1.807, 2.05) is 18.5 Å². The van der Waals surface area contributed by atoms with E-state index in [-0.39, 0.29) is 0 Å². The highest BCUT2D eigenvalue weighted by molar-refractivity contribution is 5.81. The van der Waals surface area contributed by atoms with E-state index >= 15 is 0 Å². The first-order chi connectivity index (χ1) is 10.3. The second kappa shape index (κ2) is 6.43. The Morgan fingerprint density at radius 3 is 2.95 bits per heavy atom. The van der Waals surface area contributed by atoms with Gasteiger partial charge in [-0.2, -0.15) is 0 Å². The fraction of sp³-hybridized carbons (Fsp3) is 0.375. The molecule has 5 nitrogen and oxygen atoms in total. The molecule has 2 N–H and O–H groups in total. The van der Waals surface area contributed by atoms with Crippen LogP contribution in [0.5, 0.6) is 0 Å². The zero-order valence-electron chi connectivity index (χ0n) is 12.3. The van der Waals surface area contributed by atoms with Crippen LogP contribution in [0.15, 0.2) is 47.7 Å². The number of nitrogens with zero attached hydrogens (tertiary/aromatic N) is 3. The fourth-order valence-electron chi connectivity index (χ4n) is 2.43. The fourth-order valence-corrected chi connectivity index (χ4v) is 2.43. The zero-order valence-corrected chi connectivity index (χ0v) is 12.3. The third-order valence-electron chi connectivity index (χ3n) is 3.61.